The second kappa shape index (κ2) is 6.25. The van der Waals surface area contributed by atoms with Crippen LogP contribution in [0.3, 0.4) is 0 Å². The van der Waals surface area contributed by atoms with E-state index in [1.165, 1.54) is 24.0 Å². The van der Waals surface area contributed by atoms with Crippen LogP contribution in [-0.2, 0) is 19.6 Å². The van der Waals surface area contributed by atoms with E-state index in [2.05, 4.69) is 40.5 Å². The molecule has 1 aromatic heterocycles. The molecule has 0 saturated heterocycles. The fourth-order valence-electron chi connectivity index (χ4n) is 2.63. The minimum Gasteiger partial charge on any atom is -0.468 e. The molecule has 1 aliphatic carbocycles. The summed E-state index contributed by atoms with van der Waals surface area (Å²) >= 11 is 0. The monoisotopic (exact) mass is 270 g/mol. The van der Waals surface area contributed by atoms with E-state index in [0.29, 0.717) is 0 Å². The lowest BCUT2D eigenvalue weighted by Gasteiger charge is -2.21. The van der Waals surface area contributed by atoms with E-state index in [1.807, 2.05) is 13.1 Å². The standard InChI is InChI=1S/C17H22N2O/c1-18-11-14-4-2-5-15(10-14)12-19(16-7-8-16)13-17-6-3-9-20-17/h2-6,9-10,16,18H,7-8,11-13H2,1H3. The second-order valence-electron chi connectivity index (χ2n) is 5.57. The van der Waals surface area contributed by atoms with Crippen molar-refractivity contribution in [3.8, 4) is 0 Å². The van der Waals surface area contributed by atoms with Crippen LogP contribution in [-0.4, -0.2) is 18.0 Å². The van der Waals surface area contributed by atoms with Crippen LogP contribution in [0, 0.1) is 0 Å². The topological polar surface area (TPSA) is 28.4 Å². The fraction of sp³-hybridized carbons (Fsp3) is 0.412. The van der Waals surface area contributed by atoms with Gasteiger partial charge in [-0.05, 0) is 43.1 Å². The maximum Gasteiger partial charge on any atom is 0.117 e. The maximum absolute atomic E-state index is 5.49. The van der Waals surface area contributed by atoms with Crippen LogP contribution in [0.1, 0.15) is 29.7 Å². The van der Waals surface area contributed by atoms with E-state index in [4.69, 9.17) is 4.42 Å². The third-order valence-electron chi connectivity index (χ3n) is 3.76. The zero-order chi connectivity index (χ0) is 13.8. The fourth-order valence-corrected chi connectivity index (χ4v) is 2.63. The largest absolute Gasteiger partial charge is 0.468 e. The lowest BCUT2D eigenvalue weighted by molar-refractivity contribution is 0.225. The highest BCUT2D eigenvalue weighted by Crippen LogP contribution is 2.30. The molecule has 1 N–H and O–H groups in total. The van der Waals surface area contributed by atoms with Crippen molar-refractivity contribution in [2.24, 2.45) is 0 Å². The van der Waals surface area contributed by atoms with E-state index in [9.17, 15) is 0 Å². The smallest absolute Gasteiger partial charge is 0.117 e. The van der Waals surface area contributed by atoms with Gasteiger partial charge < -0.3 is 9.73 Å². The van der Waals surface area contributed by atoms with Gasteiger partial charge in [-0.2, -0.15) is 0 Å². The van der Waals surface area contributed by atoms with Crippen molar-refractivity contribution in [1.82, 2.24) is 10.2 Å². The predicted octanol–water partition coefficient (Wildman–Crippen LogP) is 3.16. The second-order valence-corrected chi connectivity index (χ2v) is 5.57. The van der Waals surface area contributed by atoms with Gasteiger partial charge in [-0.15, -0.1) is 0 Å². The van der Waals surface area contributed by atoms with Gasteiger partial charge in [-0.1, -0.05) is 24.3 Å². The lowest BCUT2D eigenvalue weighted by Crippen LogP contribution is -2.24. The summed E-state index contributed by atoms with van der Waals surface area (Å²) in [4.78, 5) is 2.53. The Morgan fingerprint density at radius 2 is 2.00 bits per heavy atom. The highest BCUT2D eigenvalue weighted by atomic mass is 16.3. The lowest BCUT2D eigenvalue weighted by atomic mass is 10.1. The summed E-state index contributed by atoms with van der Waals surface area (Å²) in [6, 6.07) is 13.6. The van der Waals surface area contributed by atoms with Gasteiger partial charge in [0.1, 0.15) is 5.76 Å². The number of rotatable bonds is 7. The summed E-state index contributed by atoms with van der Waals surface area (Å²) in [5.74, 6) is 1.06. The van der Waals surface area contributed by atoms with Crippen molar-refractivity contribution in [3.63, 3.8) is 0 Å². The van der Waals surface area contributed by atoms with Crippen LogP contribution in [0.25, 0.3) is 0 Å². The molecule has 0 atom stereocenters. The summed E-state index contributed by atoms with van der Waals surface area (Å²) in [5.41, 5.74) is 2.73. The first-order valence-corrected chi connectivity index (χ1v) is 7.34. The Kier molecular flexibility index (Phi) is 4.19. The van der Waals surface area contributed by atoms with E-state index in [1.54, 1.807) is 6.26 Å². The van der Waals surface area contributed by atoms with Crippen molar-refractivity contribution in [2.75, 3.05) is 7.05 Å². The summed E-state index contributed by atoms with van der Waals surface area (Å²) < 4.78 is 5.49. The van der Waals surface area contributed by atoms with Gasteiger partial charge in [-0.3, -0.25) is 4.90 Å². The molecule has 0 radical (unpaired) electrons. The minimum absolute atomic E-state index is 0.730. The zero-order valence-electron chi connectivity index (χ0n) is 12.0. The van der Waals surface area contributed by atoms with Gasteiger partial charge in [0, 0.05) is 19.1 Å². The number of furan rings is 1. The van der Waals surface area contributed by atoms with Gasteiger partial charge in [0.25, 0.3) is 0 Å². The molecule has 20 heavy (non-hydrogen) atoms. The van der Waals surface area contributed by atoms with Crippen LogP contribution < -0.4 is 5.32 Å². The number of hydrogen-bond acceptors (Lipinski definition) is 3. The Morgan fingerprint density at radius 3 is 2.70 bits per heavy atom. The molecule has 3 heteroatoms. The summed E-state index contributed by atoms with van der Waals surface area (Å²) in [6.45, 7) is 2.84. The third kappa shape index (κ3) is 3.50. The first kappa shape index (κ1) is 13.4. The Balaban J connectivity index is 1.68. The van der Waals surface area contributed by atoms with Crippen LogP contribution in [0.2, 0.25) is 0 Å². The third-order valence-corrected chi connectivity index (χ3v) is 3.76. The Hall–Kier alpha value is -1.58. The number of nitrogens with zero attached hydrogens (tertiary/aromatic N) is 1. The van der Waals surface area contributed by atoms with E-state index in [-0.39, 0.29) is 0 Å². The molecule has 0 unspecified atom stereocenters. The SMILES string of the molecule is CNCc1cccc(CN(Cc2ccco2)C2CC2)c1. The molecule has 106 valence electrons. The van der Waals surface area contributed by atoms with Crippen LogP contribution in [0.4, 0.5) is 0 Å². The number of nitrogens with one attached hydrogen (secondary N) is 1. The maximum atomic E-state index is 5.49. The Morgan fingerprint density at radius 1 is 1.15 bits per heavy atom. The van der Waals surface area contributed by atoms with Crippen molar-refractivity contribution >= 4 is 0 Å². The van der Waals surface area contributed by atoms with Gasteiger partial charge in [0.05, 0.1) is 12.8 Å². The normalized spacial score (nSPS) is 14.9. The van der Waals surface area contributed by atoms with Crippen molar-refractivity contribution in [2.45, 2.75) is 38.5 Å². The molecule has 0 bridgehead atoms. The average molecular weight is 270 g/mol. The Labute approximate surface area is 120 Å². The van der Waals surface area contributed by atoms with Crippen LogP contribution in [0.5, 0.6) is 0 Å². The number of benzene rings is 1. The van der Waals surface area contributed by atoms with Crippen LogP contribution in [0.15, 0.2) is 47.1 Å². The molecule has 1 heterocycles. The zero-order valence-corrected chi connectivity index (χ0v) is 12.0. The molecule has 0 amide bonds. The van der Waals surface area contributed by atoms with Crippen molar-refractivity contribution in [1.29, 1.82) is 0 Å². The van der Waals surface area contributed by atoms with E-state index >= 15 is 0 Å². The van der Waals surface area contributed by atoms with Crippen molar-refractivity contribution in [3.05, 3.63) is 59.5 Å². The van der Waals surface area contributed by atoms with Crippen molar-refractivity contribution < 1.29 is 4.42 Å². The molecule has 1 fully saturated rings. The first-order chi connectivity index (χ1) is 9.85. The van der Waals surface area contributed by atoms with Gasteiger partial charge in [0.15, 0.2) is 0 Å². The molecule has 1 saturated carbocycles. The molecule has 0 spiro atoms. The van der Waals surface area contributed by atoms with E-state index < -0.39 is 0 Å². The van der Waals surface area contributed by atoms with Gasteiger partial charge in [-0.25, -0.2) is 0 Å². The molecular weight excluding hydrogens is 248 g/mol. The highest BCUT2D eigenvalue weighted by molar-refractivity contribution is 5.23. The summed E-state index contributed by atoms with van der Waals surface area (Å²) in [7, 11) is 1.99. The minimum atomic E-state index is 0.730. The summed E-state index contributed by atoms with van der Waals surface area (Å²) in [5, 5.41) is 3.21. The Bertz CT molecular complexity index is 532. The quantitative estimate of drug-likeness (QED) is 0.837. The predicted molar refractivity (Wildman–Crippen MR) is 80.2 cm³/mol. The molecule has 0 aliphatic heterocycles. The summed E-state index contributed by atoms with van der Waals surface area (Å²) in [6.07, 6.45) is 4.39. The first-order valence-electron chi connectivity index (χ1n) is 7.34. The molecule has 1 aliphatic rings. The highest BCUT2D eigenvalue weighted by Gasteiger charge is 2.29. The molecule has 1 aromatic carbocycles. The number of hydrogen-bond donors (Lipinski definition) is 1. The molecule has 3 rings (SSSR count). The average Bonchev–Trinajstić information content (AvgIpc) is 3.18. The van der Waals surface area contributed by atoms with Gasteiger partial charge >= 0.3 is 0 Å². The molecule has 3 nitrogen and oxygen atoms in total. The van der Waals surface area contributed by atoms with Crippen LogP contribution >= 0.6 is 0 Å². The molecule has 2 aromatic rings. The molecular formula is C17H22N2O. The van der Waals surface area contributed by atoms with E-state index in [0.717, 1.165) is 31.4 Å². The van der Waals surface area contributed by atoms with Gasteiger partial charge in [0.2, 0.25) is 0 Å².